The fraction of sp³-hybridized carbons (Fsp3) is 0.480. The van der Waals surface area contributed by atoms with Gasteiger partial charge in [0.05, 0.1) is 35.0 Å². The Morgan fingerprint density at radius 2 is 1.91 bits per heavy atom. The molecule has 1 amide bonds. The van der Waals surface area contributed by atoms with Crippen molar-refractivity contribution in [2.45, 2.75) is 63.5 Å². The molecule has 2 aromatic heterocycles. The number of hydrogen-bond acceptors (Lipinski definition) is 5. The summed E-state index contributed by atoms with van der Waals surface area (Å²) in [4.78, 5) is 26.5. The lowest BCUT2D eigenvalue weighted by Crippen LogP contribution is -2.63. The molecule has 2 aliphatic carbocycles. The molecule has 7 rings (SSSR count). The molecule has 1 aromatic carbocycles. The van der Waals surface area contributed by atoms with Crippen molar-refractivity contribution in [2.24, 2.45) is 11.8 Å². The lowest BCUT2D eigenvalue weighted by atomic mass is 9.63. The summed E-state index contributed by atoms with van der Waals surface area (Å²) in [5.41, 5.74) is 2.86. The van der Waals surface area contributed by atoms with Crippen LogP contribution in [0.4, 0.5) is 4.39 Å². The zero-order valence-electron chi connectivity index (χ0n) is 18.6. The Kier molecular flexibility index (Phi) is 4.96. The molecule has 33 heavy (non-hydrogen) atoms. The van der Waals surface area contributed by atoms with Gasteiger partial charge in [-0.2, -0.15) is 15.0 Å². The highest BCUT2D eigenvalue weighted by Gasteiger charge is 2.50. The summed E-state index contributed by atoms with van der Waals surface area (Å²) in [7, 11) is 0. The van der Waals surface area contributed by atoms with Crippen LogP contribution in [0.2, 0.25) is 0 Å². The first-order valence-electron chi connectivity index (χ1n) is 11.9. The van der Waals surface area contributed by atoms with Gasteiger partial charge >= 0.3 is 0 Å². The first-order chi connectivity index (χ1) is 16.1. The number of carbonyl (C=O) groups is 1. The van der Waals surface area contributed by atoms with E-state index in [1.807, 2.05) is 17.3 Å². The van der Waals surface area contributed by atoms with Crippen LogP contribution < -0.4 is 0 Å². The van der Waals surface area contributed by atoms with Gasteiger partial charge in [0, 0.05) is 30.4 Å². The SMILES string of the molecule is C[C@@H]1C2CC(C2)N(C(=O)c2cc(F)ccc2-n2nccn2)C1CCc1cnc(C2CC2)cn1. The van der Waals surface area contributed by atoms with Gasteiger partial charge in [-0.25, -0.2) is 4.39 Å². The Balaban J connectivity index is 1.26. The maximum Gasteiger partial charge on any atom is 0.256 e. The van der Waals surface area contributed by atoms with Gasteiger partial charge in [-0.1, -0.05) is 6.92 Å². The molecule has 2 aliphatic heterocycles. The van der Waals surface area contributed by atoms with Crippen LogP contribution in [0.25, 0.3) is 5.69 Å². The molecule has 2 atom stereocenters. The zero-order valence-corrected chi connectivity index (χ0v) is 18.6. The van der Waals surface area contributed by atoms with E-state index in [4.69, 9.17) is 0 Å². The van der Waals surface area contributed by atoms with Crippen LogP contribution in [0.5, 0.6) is 0 Å². The van der Waals surface area contributed by atoms with Crippen molar-refractivity contribution in [3.63, 3.8) is 0 Å². The molecule has 0 N–H and O–H groups in total. The fourth-order valence-electron chi connectivity index (χ4n) is 5.56. The summed E-state index contributed by atoms with van der Waals surface area (Å²) < 4.78 is 14.2. The van der Waals surface area contributed by atoms with E-state index in [-0.39, 0.29) is 18.0 Å². The van der Waals surface area contributed by atoms with E-state index in [2.05, 4.69) is 27.1 Å². The van der Waals surface area contributed by atoms with E-state index in [1.54, 1.807) is 18.5 Å². The topological polar surface area (TPSA) is 76.8 Å². The van der Waals surface area contributed by atoms with Crippen molar-refractivity contribution in [1.82, 2.24) is 29.9 Å². The van der Waals surface area contributed by atoms with Gasteiger partial charge in [0.2, 0.25) is 0 Å². The van der Waals surface area contributed by atoms with Crippen LogP contribution in [0, 0.1) is 17.7 Å². The number of piperidine rings is 2. The number of rotatable bonds is 6. The molecule has 3 aromatic rings. The van der Waals surface area contributed by atoms with Gasteiger partial charge in [-0.05, 0) is 68.6 Å². The molecule has 4 aliphatic rings. The largest absolute Gasteiger partial charge is 0.332 e. The van der Waals surface area contributed by atoms with E-state index in [9.17, 15) is 9.18 Å². The lowest BCUT2D eigenvalue weighted by Gasteiger charge is -2.57. The van der Waals surface area contributed by atoms with Gasteiger partial charge in [0.25, 0.3) is 5.91 Å². The van der Waals surface area contributed by atoms with Crippen LogP contribution in [0.3, 0.4) is 0 Å². The Labute approximate surface area is 192 Å². The molecule has 0 spiro atoms. The number of aryl methyl sites for hydroxylation is 1. The van der Waals surface area contributed by atoms with E-state index in [0.717, 1.165) is 37.1 Å². The first-order valence-corrected chi connectivity index (χ1v) is 11.9. The van der Waals surface area contributed by atoms with Crippen LogP contribution in [-0.4, -0.2) is 47.9 Å². The molecule has 0 radical (unpaired) electrons. The minimum atomic E-state index is -0.437. The first kappa shape index (κ1) is 20.4. The molecule has 2 saturated heterocycles. The third kappa shape index (κ3) is 3.71. The lowest BCUT2D eigenvalue weighted by molar-refractivity contribution is -0.0571. The number of carbonyl (C=O) groups excluding carboxylic acids is 1. The van der Waals surface area contributed by atoms with Crippen LogP contribution >= 0.6 is 0 Å². The molecule has 2 saturated carbocycles. The summed E-state index contributed by atoms with van der Waals surface area (Å²) >= 11 is 0. The van der Waals surface area contributed by atoms with Crippen molar-refractivity contribution in [3.8, 4) is 5.69 Å². The van der Waals surface area contributed by atoms with Crippen molar-refractivity contribution in [3.05, 3.63) is 65.8 Å². The number of hydrogen-bond donors (Lipinski definition) is 0. The molecule has 2 bridgehead atoms. The Morgan fingerprint density at radius 3 is 2.61 bits per heavy atom. The van der Waals surface area contributed by atoms with Crippen molar-refractivity contribution in [2.75, 3.05) is 0 Å². The van der Waals surface area contributed by atoms with Gasteiger partial charge < -0.3 is 4.90 Å². The third-order valence-corrected chi connectivity index (χ3v) is 7.73. The molecule has 4 heterocycles. The molecule has 1 unspecified atom stereocenters. The number of fused-ring (bicyclic) bond motifs is 2. The smallest absolute Gasteiger partial charge is 0.256 e. The maximum atomic E-state index is 14.2. The average molecular weight is 447 g/mol. The number of halogens is 1. The summed E-state index contributed by atoms with van der Waals surface area (Å²) in [5.74, 6) is 1.05. The second-order valence-electron chi connectivity index (χ2n) is 9.75. The van der Waals surface area contributed by atoms with Gasteiger partial charge in [-0.3, -0.25) is 14.8 Å². The molecular formula is C25H27FN6O. The quantitative estimate of drug-likeness (QED) is 0.573. The van der Waals surface area contributed by atoms with Crippen molar-refractivity contribution in [1.29, 1.82) is 0 Å². The summed E-state index contributed by atoms with van der Waals surface area (Å²) in [5, 5.41) is 8.33. The molecule has 8 heteroatoms. The summed E-state index contributed by atoms with van der Waals surface area (Å²) in [6.45, 7) is 2.24. The Morgan fingerprint density at radius 1 is 1.12 bits per heavy atom. The standard InChI is InChI=1S/C25H27FN6O/c1-15-17-10-20(11-17)31(23(15)7-5-19-13-28-22(14-27-19)16-2-3-16)25(33)21-12-18(26)4-6-24(21)32-29-8-9-30-32/h4,6,8-9,12-17,20,23H,2-3,5,7,10-11H2,1H3/t15-,17?,20?,23?/m1/s1. The zero-order chi connectivity index (χ0) is 22.5. The predicted molar refractivity (Wildman–Crippen MR) is 119 cm³/mol. The fourth-order valence-corrected chi connectivity index (χ4v) is 5.56. The number of aromatic nitrogens is 5. The summed E-state index contributed by atoms with van der Waals surface area (Å²) in [6.07, 6.45) is 13.0. The van der Waals surface area contributed by atoms with E-state index in [1.165, 1.54) is 29.8 Å². The number of benzene rings is 1. The Hall–Kier alpha value is -3.16. The van der Waals surface area contributed by atoms with Crippen LogP contribution in [0.15, 0.2) is 43.0 Å². The van der Waals surface area contributed by atoms with Crippen LogP contribution in [-0.2, 0) is 6.42 Å². The number of nitrogens with zero attached hydrogens (tertiary/aromatic N) is 6. The normalized spacial score (nSPS) is 26.2. The van der Waals surface area contributed by atoms with Gasteiger partial charge in [-0.15, -0.1) is 0 Å². The molecule has 4 fully saturated rings. The maximum absolute atomic E-state index is 14.2. The highest BCUT2D eigenvalue weighted by Crippen LogP contribution is 2.48. The molecule has 170 valence electrons. The second-order valence-corrected chi connectivity index (χ2v) is 9.75. The Bertz CT molecular complexity index is 1150. The van der Waals surface area contributed by atoms with Crippen LogP contribution in [0.1, 0.15) is 66.7 Å². The third-order valence-electron chi connectivity index (χ3n) is 7.73. The van der Waals surface area contributed by atoms with Crippen molar-refractivity contribution >= 4 is 5.91 Å². The summed E-state index contributed by atoms with van der Waals surface area (Å²) in [6, 6.07) is 4.52. The van der Waals surface area contributed by atoms with E-state index < -0.39 is 5.82 Å². The molecular weight excluding hydrogens is 419 g/mol. The molecule has 7 nitrogen and oxygen atoms in total. The average Bonchev–Trinajstić information content (AvgIpc) is 3.51. The van der Waals surface area contributed by atoms with Gasteiger partial charge in [0.15, 0.2) is 0 Å². The highest BCUT2D eigenvalue weighted by atomic mass is 19.1. The number of amides is 1. The minimum absolute atomic E-state index is 0.0848. The van der Waals surface area contributed by atoms with Crippen molar-refractivity contribution < 1.29 is 9.18 Å². The van der Waals surface area contributed by atoms with E-state index >= 15 is 0 Å². The minimum Gasteiger partial charge on any atom is -0.332 e. The highest BCUT2D eigenvalue weighted by molar-refractivity contribution is 5.98. The monoisotopic (exact) mass is 446 g/mol. The second kappa shape index (κ2) is 8.01. The predicted octanol–water partition coefficient (Wildman–Crippen LogP) is 3.95. The van der Waals surface area contributed by atoms with Gasteiger partial charge in [0.1, 0.15) is 5.82 Å². The van der Waals surface area contributed by atoms with E-state index in [0.29, 0.717) is 29.0 Å².